The van der Waals surface area contributed by atoms with E-state index in [-0.39, 0.29) is 24.1 Å². The van der Waals surface area contributed by atoms with Crippen LogP contribution in [0.5, 0.6) is 0 Å². The topological polar surface area (TPSA) is 152 Å². The van der Waals surface area contributed by atoms with Crippen molar-refractivity contribution >= 4 is 36.5 Å². The fourth-order valence-corrected chi connectivity index (χ4v) is 4.51. The molecule has 1 heterocycles. The molecule has 0 saturated carbocycles. The first-order chi connectivity index (χ1) is 16.9. The van der Waals surface area contributed by atoms with E-state index in [2.05, 4.69) is 59.2 Å². The van der Waals surface area contributed by atoms with Crippen molar-refractivity contribution in [2.45, 2.75) is 45.1 Å². The molecule has 0 saturated heterocycles. The van der Waals surface area contributed by atoms with Gasteiger partial charge in [0.15, 0.2) is 0 Å². The summed E-state index contributed by atoms with van der Waals surface area (Å²) in [6, 6.07) is 11.0. The first-order valence-electron chi connectivity index (χ1n) is 11.5. The average molecular weight is 516 g/mol. The standard InChI is InChI=1S/C24H29N4O7P/c1-24(2,3)16-8-9-17-15(13-16)7-10-20(17)27-22(29)26-19-5-4-6-21-18(19)14-25-28(21)23(30)34-11-12-35-36(31,32)33/h4-6,8-9,13-14,20H,7,10-12H2,1-3H3,(H2,26,27,29)(H2,31,32,33)/t20-/m1/s1. The van der Waals surface area contributed by atoms with Crippen LogP contribution in [-0.2, 0) is 25.7 Å². The zero-order valence-electron chi connectivity index (χ0n) is 20.2. The SMILES string of the molecule is CC(C)(C)c1ccc2c(c1)CC[C@H]2NC(=O)Nc1cccc2c1cnn2C(=O)OCCOP(=O)(O)O. The number of rotatable bonds is 6. The summed E-state index contributed by atoms with van der Waals surface area (Å²) >= 11 is 0. The van der Waals surface area contributed by atoms with E-state index in [4.69, 9.17) is 14.5 Å². The van der Waals surface area contributed by atoms with Crippen LogP contribution < -0.4 is 10.6 Å². The van der Waals surface area contributed by atoms with Gasteiger partial charge in [-0.2, -0.15) is 9.78 Å². The van der Waals surface area contributed by atoms with E-state index in [9.17, 15) is 14.2 Å². The number of amides is 2. The summed E-state index contributed by atoms with van der Waals surface area (Å²) in [5.74, 6) is 0. The Morgan fingerprint density at radius 2 is 1.97 bits per heavy atom. The average Bonchev–Trinajstić information content (AvgIpc) is 3.40. The fraction of sp³-hybridized carbons (Fsp3) is 0.375. The maximum atomic E-state index is 12.8. The minimum atomic E-state index is -4.64. The largest absolute Gasteiger partial charge is 0.469 e. The number of carbonyl (C=O) groups is 2. The Balaban J connectivity index is 1.41. The highest BCUT2D eigenvalue weighted by Gasteiger charge is 2.26. The number of anilines is 1. The lowest BCUT2D eigenvalue weighted by Crippen LogP contribution is -2.31. The highest BCUT2D eigenvalue weighted by atomic mass is 31.2. The van der Waals surface area contributed by atoms with Gasteiger partial charge in [0.1, 0.15) is 6.61 Å². The van der Waals surface area contributed by atoms with Crippen LogP contribution in [0, 0.1) is 0 Å². The van der Waals surface area contributed by atoms with Crippen LogP contribution in [0.2, 0.25) is 0 Å². The lowest BCUT2D eigenvalue weighted by molar-refractivity contribution is 0.110. The summed E-state index contributed by atoms with van der Waals surface area (Å²) in [6.45, 7) is 5.69. The number of aryl methyl sites for hydroxylation is 1. The van der Waals surface area contributed by atoms with Gasteiger partial charge >= 0.3 is 19.9 Å². The Morgan fingerprint density at radius 3 is 2.69 bits per heavy atom. The van der Waals surface area contributed by atoms with E-state index in [1.807, 2.05) is 0 Å². The number of hydrogen-bond donors (Lipinski definition) is 4. The Morgan fingerprint density at radius 1 is 1.19 bits per heavy atom. The molecule has 192 valence electrons. The van der Waals surface area contributed by atoms with E-state index in [1.54, 1.807) is 18.2 Å². The van der Waals surface area contributed by atoms with Gasteiger partial charge in [-0.25, -0.2) is 14.2 Å². The molecule has 3 aromatic rings. The highest BCUT2D eigenvalue weighted by Crippen LogP contribution is 2.36. The van der Waals surface area contributed by atoms with Gasteiger partial charge in [-0.05, 0) is 47.1 Å². The highest BCUT2D eigenvalue weighted by molar-refractivity contribution is 7.46. The predicted molar refractivity (Wildman–Crippen MR) is 133 cm³/mol. The molecular formula is C24H29N4O7P. The predicted octanol–water partition coefficient (Wildman–Crippen LogP) is 4.24. The van der Waals surface area contributed by atoms with Crippen LogP contribution in [0.3, 0.4) is 0 Å². The number of fused-ring (bicyclic) bond motifs is 2. The molecule has 1 aromatic heterocycles. The third kappa shape index (κ3) is 5.93. The number of aromatic nitrogens is 2. The van der Waals surface area contributed by atoms with Crippen LogP contribution in [0.4, 0.5) is 15.3 Å². The van der Waals surface area contributed by atoms with E-state index < -0.39 is 20.5 Å². The lowest BCUT2D eigenvalue weighted by atomic mass is 9.85. The van der Waals surface area contributed by atoms with Crippen LogP contribution in [0.1, 0.15) is 49.9 Å². The minimum absolute atomic E-state index is 0.0597. The van der Waals surface area contributed by atoms with Gasteiger partial charge in [0.25, 0.3) is 0 Å². The second-order valence-electron chi connectivity index (χ2n) is 9.59. The molecule has 11 nitrogen and oxygen atoms in total. The minimum Gasteiger partial charge on any atom is -0.445 e. The van der Waals surface area contributed by atoms with E-state index in [0.717, 1.165) is 23.1 Å². The molecule has 0 bridgehead atoms. The molecule has 1 aliphatic carbocycles. The summed E-state index contributed by atoms with van der Waals surface area (Å²) in [6.07, 6.45) is 2.29. The van der Waals surface area contributed by atoms with Crippen molar-refractivity contribution in [3.8, 4) is 0 Å². The molecule has 36 heavy (non-hydrogen) atoms. The molecular weight excluding hydrogens is 487 g/mol. The van der Waals surface area contributed by atoms with Crippen molar-refractivity contribution < 1.29 is 33.2 Å². The molecule has 4 rings (SSSR count). The summed E-state index contributed by atoms with van der Waals surface area (Å²) in [5.41, 5.74) is 4.56. The number of nitrogens with zero attached hydrogens (tertiary/aromatic N) is 2. The van der Waals surface area contributed by atoms with Gasteiger partial charge in [0, 0.05) is 5.39 Å². The summed E-state index contributed by atoms with van der Waals surface area (Å²) in [7, 11) is -4.64. The molecule has 4 N–H and O–H groups in total. The molecule has 0 fully saturated rings. The summed E-state index contributed by atoms with van der Waals surface area (Å²) in [5, 5.41) is 10.4. The maximum Gasteiger partial charge on any atom is 0.469 e. The van der Waals surface area contributed by atoms with Crippen molar-refractivity contribution in [3.05, 3.63) is 59.3 Å². The summed E-state index contributed by atoms with van der Waals surface area (Å²) < 4.78 is 20.9. The summed E-state index contributed by atoms with van der Waals surface area (Å²) in [4.78, 5) is 42.5. The molecule has 2 amide bonds. The number of hydrogen-bond acceptors (Lipinski definition) is 6. The van der Waals surface area contributed by atoms with Crippen LogP contribution in [0.25, 0.3) is 10.9 Å². The number of benzene rings is 2. The second kappa shape index (κ2) is 10.0. The molecule has 0 spiro atoms. The zero-order valence-corrected chi connectivity index (χ0v) is 21.1. The molecule has 0 radical (unpaired) electrons. The monoisotopic (exact) mass is 516 g/mol. The lowest BCUT2D eigenvalue weighted by Gasteiger charge is -2.21. The number of carbonyl (C=O) groups excluding carboxylic acids is 2. The third-order valence-electron chi connectivity index (χ3n) is 6.00. The maximum absolute atomic E-state index is 12.8. The number of phosphoric acid groups is 1. The van der Waals surface area contributed by atoms with Gasteiger partial charge in [-0.1, -0.05) is 45.0 Å². The molecule has 1 atom stereocenters. The molecule has 1 aliphatic rings. The van der Waals surface area contributed by atoms with E-state index in [1.165, 1.54) is 17.3 Å². The first kappa shape index (κ1) is 25.8. The van der Waals surface area contributed by atoms with E-state index >= 15 is 0 Å². The van der Waals surface area contributed by atoms with Gasteiger partial charge in [-0.3, -0.25) is 4.52 Å². The molecule has 0 aliphatic heterocycles. The van der Waals surface area contributed by atoms with Gasteiger partial charge in [0.2, 0.25) is 0 Å². The van der Waals surface area contributed by atoms with Crippen molar-refractivity contribution in [2.24, 2.45) is 0 Å². The van der Waals surface area contributed by atoms with Crippen molar-refractivity contribution in [3.63, 3.8) is 0 Å². The zero-order chi connectivity index (χ0) is 26.1. The van der Waals surface area contributed by atoms with Crippen molar-refractivity contribution in [1.29, 1.82) is 0 Å². The Labute approximate surface area is 208 Å². The molecule has 0 unspecified atom stereocenters. The Bertz CT molecular complexity index is 1340. The van der Waals surface area contributed by atoms with Gasteiger partial charge in [-0.15, -0.1) is 0 Å². The van der Waals surface area contributed by atoms with Crippen molar-refractivity contribution in [1.82, 2.24) is 15.1 Å². The van der Waals surface area contributed by atoms with Gasteiger partial charge in [0.05, 0.1) is 30.0 Å². The molecule has 2 aromatic carbocycles. The van der Waals surface area contributed by atoms with Crippen LogP contribution >= 0.6 is 7.82 Å². The quantitative estimate of drug-likeness (QED) is 0.281. The second-order valence-corrected chi connectivity index (χ2v) is 10.8. The van der Waals surface area contributed by atoms with E-state index in [0.29, 0.717) is 16.6 Å². The normalized spacial score (nSPS) is 15.5. The Hall–Kier alpha value is -3.24. The number of phosphoric ester groups is 1. The third-order valence-corrected chi connectivity index (χ3v) is 6.51. The van der Waals surface area contributed by atoms with Crippen molar-refractivity contribution in [2.75, 3.05) is 18.5 Å². The first-order valence-corrected chi connectivity index (χ1v) is 13.0. The molecule has 12 heteroatoms. The number of ether oxygens (including phenoxy) is 1. The Kier molecular flexibility index (Phi) is 7.19. The number of urea groups is 1. The van der Waals surface area contributed by atoms with Gasteiger partial charge < -0.3 is 25.2 Å². The van der Waals surface area contributed by atoms with Crippen LogP contribution in [-0.4, -0.2) is 44.9 Å². The number of nitrogens with one attached hydrogen (secondary N) is 2. The smallest absolute Gasteiger partial charge is 0.445 e. The fourth-order valence-electron chi connectivity index (χ4n) is 4.20. The van der Waals surface area contributed by atoms with Crippen LogP contribution in [0.15, 0.2) is 42.6 Å².